The molecule has 1 N–H and O–H groups in total. The number of aliphatic hydroxyl groups excluding tert-OH is 1. The van der Waals surface area contributed by atoms with Crippen LogP contribution in [-0.4, -0.2) is 29.6 Å². The molecule has 1 heterocycles. The Hall–Kier alpha value is -1.19. The summed E-state index contributed by atoms with van der Waals surface area (Å²) in [7, 11) is 0. The molecule has 1 aromatic rings. The summed E-state index contributed by atoms with van der Waals surface area (Å²) in [4.78, 5) is 2.21. The summed E-state index contributed by atoms with van der Waals surface area (Å²) in [5.41, 5.74) is 2.19. The molecule has 1 aliphatic rings. The lowest BCUT2D eigenvalue weighted by Crippen LogP contribution is -2.32. The van der Waals surface area contributed by atoms with Gasteiger partial charge in [0.25, 0.3) is 0 Å². The Morgan fingerprint density at radius 1 is 1.35 bits per heavy atom. The van der Waals surface area contributed by atoms with Gasteiger partial charge in [-0.15, -0.1) is 0 Å². The quantitative estimate of drug-likeness (QED) is 0.814. The Balaban J connectivity index is 1.93. The lowest BCUT2D eigenvalue weighted by atomic mass is 10.1. The lowest BCUT2D eigenvalue weighted by molar-refractivity contribution is 0.117. The summed E-state index contributed by atoms with van der Waals surface area (Å²) in [6.45, 7) is 4.62. The minimum absolute atomic E-state index is 0.266. The van der Waals surface area contributed by atoms with Crippen LogP contribution in [0.15, 0.2) is 35.9 Å². The molecule has 2 rings (SSSR count). The van der Waals surface area contributed by atoms with Crippen LogP contribution in [0.4, 0.5) is 4.39 Å². The van der Waals surface area contributed by atoms with Crippen molar-refractivity contribution in [3.63, 3.8) is 0 Å². The van der Waals surface area contributed by atoms with Gasteiger partial charge in [0.1, 0.15) is 5.82 Å². The monoisotopic (exact) mass is 235 g/mol. The molecule has 0 aromatic heterocycles. The van der Waals surface area contributed by atoms with E-state index >= 15 is 0 Å². The fourth-order valence-electron chi connectivity index (χ4n) is 2.01. The molecule has 0 bridgehead atoms. The molecule has 0 saturated carbocycles. The average Bonchev–Trinajstić information content (AvgIpc) is 2.33. The molecular weight excluding hydrogens is 217 g/mol. The SMILES string of the molecule is CC1=CCN(CC(O)c2ccc(F)cc2)CC1. The van der Waals surface area contributed by atoms with E-state index in [-0.39, 0.29) is 5.82 Å². The predicted octanol–water partition coefficient (Wildman–Crippen LogP) is 2.51. The Morgan fingerprint density at radius 2 is 2.06 bits per heavy atom. The minimum atomic E-state index is -0.539. The zero-order valence-electron chi connectivity index (χ0n) is 10.1. The Labute approximate surface area is 101 Å². The molecule has 0 fully saturated rings. The first-order valence-electron chi connectivity index (χ1n) is 5.96. The van der Waals surface area contributed by atoms with E-state index in [0.29, 0.717) is 6.54 Å². The van der Waals surface area contributed by atoms with E-state index in [1.165, 1.54) is 17.7 Å². The third-order valence-electron chi connectivity index (χ3n) is 3.21. The molecule has 3 heteroatoms. The zero-order valence-corrected chi connectivity index (χ0v) is 10.1. The van der Waals surface area contributed by atoms with Crippen LogP contribution >= 0.6 is 0 Å². The molecule has 92 valence electrons. The normalized spacial score (nSPS) is 18.9. The van der Waals surface area contributed by atoms with Gasteiger partial charge in [-0.3, -0.25) is 4.90 Å². The summed E-state index contributed by atoms with van der Waals surface area (Å²) in [5.74, 6) is -0.266. The van der Waals surface area contributed by atoms with E-state index in [4.69, 9.17) is 0 Å². The fourth-order valence-corrected chi connectivity index (χ4v) is 2.01. The molecule has 1 unspecified atom stereocenters. The van der Waals surface area contributed by atoms with E-state index < -0.39 is 6.10 Å². The first-order valence-corrected chi connectivity index (χ1v) is 5.96. The molecule has 0 spiro atoms. The van der Waals surface area contributed by atoms with E-state index in [2.05, 4.69) is 17.9 Å². The lowest BCUT2D eigenvalue weighted by Gasteiger charge is -2.27. The van der Waals surface area contributed by atoms with E-state index in [0.717, 1.165) is 25.1 Å². The van der Waals surface area contributed by atoms with Crippen LogP contribution < -0.4 is 0 Å². The number of nitrogens with zero attached hydrogens (tertiary/aromatic N) is 1. The molecule has 17 heavy (non-hydrogen) atoms. The van der Waals surface area contributed by atoms with E-state index in [1.54, 1.807) is 12.1 Å². The topological polar surface area (TPSA) is 23.5 Å². The van der Waals surface area contributed by atoms with Crippen molar-refractivity contribution >= 4 is 0 Å². The molecular formula is C14H18FNO. The van der Waals surface area contributed by atoms with Crippen molar-refractivity contribution < 1.29 is 9.50 Å². The molecule has 1 atom stereocenters. The number of halogens is 1. The maximum Gasteiger partial charge on any atom is 0.123 e. The minimum Gasteiger partial charge on any atom is -0.387 e. The predicted molar refractivity (Wildman–Crippen MR) is 66.2 cm³/mol. The van der Waals surface area contributed by atoms with Gasteiger partial charge in [0.15, 0.2) is 0 Å². The Kier molecular flexibility index (Phi) is 3.92. The van der Waals surface area contributed by atoms with Crippen LogP contribution in [0.3, 0.4) is 0 Å². The maximum atomic E-state index is 12.8. The van der Waals surface area contributed by atoms with Crippen LogP contribution in [0.25, 0.3) is 0 Å². The van der Waals surface area contributed by atoms with Crippen molar-refractivity contribution in [2.24, 2.45) is 0 Å². The van der Waals surface area contributed by atoms with E-state index in [9.17, 15) is 9.50 Å². The highest BCUT2D eigenvalue weighted by Crippen LogP contribution is 2.17. The first-order chi connectivity index (χ1) is 8.15. The summed E-state index contributed by atoms with van der Waals surface area (Å²) < 4.78 is 12.8. The fraction of sp³-hybridized carbons (Fsp3) is 0.429. The second-order valence-electron chi connectivity index (χ2n) is 4.63. The number of β-amino-alcohol motifs (C(OH)–C–C–N with tert-alkyl or cyclic N) is 1. The molecule has 0 amide bonds. The largest absolute Gasteiger partial charge is 0.387 e. The van der Waals surface area contributed by atoms with Crippen LogP contribution in [0.5, 0.6) is 0 Å². The summed E-state index contributed by atoms with van der Waals surface area (Å²) >= 11 is 0. The second-order valence-corrected chi connectivity index (χ2v) is 4.63. The van der Waals surface area contributed by atoms with Gasteiger partial charge < -0.3 is 5.11 Å². The molecule has 2 nitrogen and oxygen atoms in total. The van der Waals surface area contributed by atoms with Crippen LogP contribution in [0.1, 0.15) is 25.0 Å². The maximum absolute atomic E-state index is 12.8. The van der Waals surface area contributed by atoms with Crippen molar-refractivity contribution in [1.82, 2.24) is 4.90 Å². The average molecular weight is 235 g/mol. The molecule has 0 radical (unpaired) electrons. The Morgan fingerprint density at radius 3 is 2.65 bits per heavy atom. The van der Waals surface area contributed by atoms with Gasteiger partial charge in [0.05, 0.1) is 6.10 Å². The van der Waals surface area contributed by atoms with Crippen LogP contribution in [0.2, 0.25) is 0 Å². The first kappa shape index (κ1) is 12.3. The Bertz CT molecular complexity index is 399. The summed E-state index contributed by atoms with van der Waals surface area (Å²) in [6, 6.07) is 6.06. The van der Waals surface area contributed by atoms with Gasteiger partial charge in [-0.25, -0.2) is 4.39 Å². The van der Waals surface area contributed by atoms with Crippen molar-refractivity contribution in [2.45, 2.75) is 19.4 Å². The van der Waals surface area contributed by atoms with Crippen LogP contribution in [0, 0.1) is 5.82 Å². The van der Waals surface area contributed by atoms with E-state index in [1.807, 2.05) is 0 Å². The highest BCUT2D eigenvalue weighted by atomic mass is 19.1. The zero-order chi connectivity index (χ0) is 12.3. The number of benzene rings is 1. The number of hydrogen-bond acceptors (Lipinski definition) is 2. The molecule has 0 saturated heterocycles. The van der Waals surface area contributed by atoms with Crippen molar-refractivity contribution in [2.75, 3.05) is 19.6 Å². The van der Waals surface area contributed by atoms with Gasteiger partial charge in [-0.05, 0) is 31.0 Å². The summed E-state index contributed by atoms with van der Waals surface area (Å²) in [5, 5.41) is 10.0. The highest BCUT2D eigenvalue weighted by molar-refractivity contribution is 5.19. The van der Waals surface area contributed by atoms with Crippen molar-refractivity contribution in [3.05, 3.63) is 47.3 Å². The van der Waals surface area contributed by atoms with Gasteiger partial charge in [-0.2, -0.15) is 0 Å². The van der Waals surface area contributed by atoms with Gasteiger partial charge in [-0.1, -0.05) is 23.8 Å². The number of rotatable bonds is 3. The highest BCUT2D eigenvalue weighted by Gasteiger charge is 2.15. The second kappa shape index (κ2) is 5.43. The smallest absolute Gasteiger partial charge is 0.123 e. The number of aliphatic hydroxyl groups is 1. The third kappa shape index (κ3) is 3.38. The van der Waals surface area contributed by atoms with Crippen molar-refractivity contribution in [3.8, 4) is 0 Å². The molecule has 0 aliphatic carbocycles. The van der Waals surface area contributed by atoms with Crippen LogP contribution in [-0.2, 0) is 0 Å². The molecule has 1 aliphatic heterocycles. The van der Waals surface area contributed by atoms with Gasteiger partial charge in [0.2, 0.25) is 0 Å². The number of hydrogen-bond donors (Lipinski definition) is 1. The summed E-state index contributed by atoms with van der Waals surface area (Å²) in [6.07, 6.45) is 2.72. The standard InChI is InChI=1S/C14H18FNO/c1-11-6-8-16(9-7-11)10-14(17)12-2-4-13(15)5-3-12/h2-6,14,17H,7-10H2,1H3. The van der Waals surface area contributed by atoms with Gasteiger partial charge >= 0.3 is 0 Å². The van der Waals surface area contributed by atoms with Crippen molar-refractivity contribution in [1.29, 1.82) is 0 Å². The van der Waals surface area contributed by atoms with Gasteiger partial charge in [0, 0.05) is 19.6 Å². The third-order valence-corrected chi connectivity index (χ3v) is 3.21. The molecule has 1 aromatic carbocycles.